The third kappa shape index (κ3) is 2.12. The van der Waals surface area contributed by atoms with Crippen LogP contribution < -0.4 is 5.73 Å². The normalized spacial score (nSPS) is 15.7. The highest BCUT2D eigenvalue weighted by molar-refractivity contribution is 6.02. The second kappa shape index (κ2) is 3.68. The van der Waals surface area contributed by atoms with Gasteiger partial charge in [0.05, 0.1) is 13.0 Å². The number of hydrogen-bond donors (Lipinski definition) is 1. The van der Waals surface area contributed by atoms with Gasteiger partial charge in [-0.1, -0.05) is 12.1 Å². The Morgan fingerprint density at radius 2 is 2.33 bits per heavy atom. The first-order chi connectivity index (χ1) is 7.15. The molecule has 5 heteroatoms. The van der Waals surface area contributed by atoms with E-state index in [4.69, 9.17) is 5.73 Å². The van der Waals surface area contributed by atoms with Crippen LogP contribution in [0.15, 0.2) is 29.4 Å². The summed E-state index contributed by atoms with van der Waals surface area (Å²) in [5.74, 6) is -0.177. The lowest BCUT2D eigenvalue weighted by molar-refractivity contribution is -0.129. The van der Waals surface area contributed by atoms with E-state index in [0.717, 1.165) is 0 Å². The lowest BCUT2D eigenvalue weighted by atomic mass is 10.2. The van der Waals surface area contributed by atoms with Crippen LogP contribution >= 0.6 is 0 Å². The van der Waals surface area contributed by atoms with Crippen molar-refractivity contribution in [3.63, 3.8) is 0 Å². The molecule has 0 fully saturated rings. The van der Waals surface area contributed by atoms with Gasteiger partial charge in [-0.05, 0) is 17.7 Å². The van der Waals surface area contributed by atoms with Gasteiger partial charge in [0.15, 0.2) is 0 Å². The molecule has 1 aromatic rings. The number of rotatable bonds is 2. The summed E-state index contributed by atoms with van der Waals surface area (Å²) in [7, 11) is 0. The zero-order chi connectivity index (χ0) is 10.8. The molecule has 1 aromatic carbocycles. The van der Waals surface area contributed by atoms with E-state index >= 15 is 0 Å². The van der Waals surface area contributed by atoms with Crippen LogP contribution in [0.5, 0.6) is 0 Å². The summed E-state index contributed by atoms with van der Waals surface area (Å²) in [5.41, 5.74) is 6.11. The fraction of sp³-hybridized carbons (Fsp3) is 0.200. The van der Waals surface area contributed by atoms with Crippen molar-refractivity contribution in [3.8, 4) is 0 Å². The van der Waals surface area contributed by atoms with Crippen molar-refractivity contribution in [2.45, 2.75) is 13.0 Å². The SMILES string of the molecule is NC1=NN(Cc2cccc(F)c2)C(=O)C1. The van der Waals surface area contributed by atoms with Gasteiger partial charge in [-0.15, -0.1) is 0 Å². The summed E-state index contributed by atoms with van der Waals surface area (Å²) in [6, 6.07) is 6.06. The molecule has 1 aliphatic rings. The van der Waals surface area contributed by atoms with Gasteiger partial charge in [0.25, 0.3) is 5.91 Å². The summed E-state index contributed by atoms with van der Waals surface area (Å²) < 4.78 is 12.9. The number of hydrogen-bond acceptors (Lipinski definition) is 3. The second-order valence-corrected chi connectivity index (χ2v) is 3.35. The molecule has 15 heavy (non-hydrogen) atoms. The number of nitrogens with two attached hydrogens (primary N) is 1. The smallest absolute Gasteiger partial charge is 0.250 e. The van der Waals surface area contributed by atoms with Crippen molar-refractivity contribution >= 4 is 11.7 Å². The Hall–Kier alpha value is -1.91. The molecule has 0 saturated heterocycles. The minimum Gasteiger partial charge on any atom is -0.385 e. The number of hydrazone groups is 1. The summed E-state index contributed by atoms with van der Waals surface area (Å²) in [4.78, 5) is 11.3. The van der Waals surface area contributed by atoms with Crippen molar-refractivity contribution in [2.24, 2.45) is 10.8 Å². The first-order valence-electron chi connectivity index (χ1n) is 4.53. The van der Waals surface area contributed by atoms with Crippen LogP contribution in [0.4, 0.5) is 4.39 Å². The van der Waals surface area contributed by atoms with Gasteiger partial charge in [-0.2, -0.15) is 5.10 Å². The zero-order valence-electron chi connectivity index (χ0n) is 7.98. The van der Waals surface area contributed by atoms with Crippen molar-refractivity contribution < 1.29 is 9.18 Å². The van der Waals surface area contributed by atoms with Gasteiger partial charge >= 0.3 is 0 Å². The van der Waals surface area contributed by atoms with Crippen LogP contribution in [0.3, 0.4) is 0 Å². The maximum Gasteiger partial charge on any atom is 0.250 e. The molecule has 0 bridgehead atoms. The Labute approximate surface area is 86.2 Å². The Balaban J connectivity index is 2.12. The summed E-state index contributed by atoms with van der Waals surface area (Å²) >= 11 is 0. The number of nitrogens with zero attached hydrogens (tertiary/aromatic N) is 2. The van der Waals surface area contributed by atoms with Crippen molar-refractivity contribution in [1.29, 1.82) is 0 Å². The predicted octanol–water partition coefficient (Wildman–Crippen LogP) is 0.830. The fourth-order valence-corrected chi connectivity index (χ4v) is 1.42. The molecule has 0 aromatic heterocycles. The Kier molecular flexibility index (Phi) is 2.37. The van der Waals surface area contributed by atoms with Crippen LogP contribution in [0.25, 0.3) is 0 Å². The molecule has 0 unspecified atom stereocenters. The first kappa shape index (κ1) is 9.64. The number of benzene rings is 1. The maximum absolute atomic E-state index is 12.9. The molecule has 1 aliphatic heterocycles. The molecule has 1 heterocycles. The van der Waals surface area contributed by atoms with Gasteiger partial charge in [0.1, 0.15) is 11.7 Å². The van der Waals surface area contributed by atoms with E-state index in [1.165, 1.54) is 17.1 Å². The minimum atomic E-state index is -0.323. The third-order valence-corrected chi connectivity index (χ3v) is 2.09. The molecular formula is C10H10FN3O. The number of halogens is 1. The largest absolute Gasteiger partial charge is 0.385 e. The number of amides is 1. The van der Waals surface area contributed by atoms with Crippen LogP contribution in [0, 0.1) is 5.82 Å². The monoisotopic (exact) mass is 207 g/mol. The van der Waals surface area contributed by atoms with E-state index in [2.05, 4.69) is 5.10 Å². The van der Waals surface area contributed by atoms with Crippen LogP contribution in [-0.2, 0) is 11.3 Å². The van der Waals surface area contributed by atoms with E-state index in [9.17, 15) is 9.18 Å². The van der Waals surface area contributed by atoms with Gasteiger partial charge in [-0.25, -0.2) is 9.40 Å². The van der Waals surface area contributed by atoms with Gasteiger partial charge < -0.3 is 5.73 Å². The topological polar surface area (TPSA) is 58.7 Å². The molecule has 0 saturated carbocycles. The maximum atomic E-state index is 12.9. The van der Waals surface area contributed by atoms with E-state index in [0.29, 0.717) is 11.4 Å². The molecule has 4 nitrogen and oxygen atoms in total. The van der Waals surface area contributed by atoms with Gasteiger partial charge in [0.2, 0.25) is 0 Å². The van der Waals surface area contributed by atoms with Crippen molar-refractivity contribution in [2.75, 3.05) is 0 Å². The van der Waals surface area contributed by atoms with Crippen LogP contribution in [0.2, 0.25) is 0 Å². The number of amidine groups is 1. The van der Waals surface area contributed by atoms with Crippen LogP contribution in [0.1, 0.15) is 12.0 Å². The summed E-state index contributed by atoms with van der Waals surface area (Å²) in [5, 5.41) is 5.10. The van der Waals surface area contributed by atoms with Gasteiger partial charge in [0, 0.05) is 0 Å². The Morgan fingerprint density at radius 3 is 2.93 bits per heavy atom. The molecule has 0 atom stereocenters. The summed E-state index contributed by atoms with van der Waals surface area (Å²) in [6.07, 6.45) is 0.148. The van der Waals surface area contributed by atoms with Crippen molar-refractivity contribution in [1.82, 2.24) is 5.01 Å². The molecule has 0 radical (unpaired) electrons. The van der Waals surface area contributed by atoms with E-state index in [1.54, 1.807) is 12.1 Å². The standard InChI is InChI=1S/C10H10FN3O/c11-8-3-1-2-7(4-8)6-14-10(15)5-9(12)13-14/h1-4H,5-6H2,(H2,12,13). The average molecular weight is 207 g/mol. The minimum absolute atomic E-state index is 0.148. The van der Waals surface area contributed by atoms with Crippen molar-refractivity contribution in [3.05, 3.63) is 35.6 Å². The second-order valence-electron chi connectivity index (χ2n) is 3.35. The van der Waals surface area contributed by atoms with E-state index < -0.39 is 0 Å². The van der Waals surface area contributed by atoms with E-state index in [-0.39, 0.29) is 24.7 Å². The molecule has 78 valence electrons. The fourth-order valence-electron chi connectivity index (χ4n) is 1.42. The van der Waals surface area contributed by atoms with Gasteiger partial charge in [-0.3, -0.25) is 4.79 Å². The Morgan fingerprint density at radius 1 is 1.53 bits per heavy atom. The quantitative estimate of drug-likeness (QED) is 0.780. The highest BCUT2D eigenvalue weighted by atomic mass is 19.1. The lowest BCUT2D eigenvalue weighted by Gasteiger charge is -2.10. The lowest BCUT2D eigenvalue weighted by Crippen LogP contribution is -2.20. The number of carbonyl (C=O) groups excluding carboxylic acids is 1. The van der Waals surface area contributed by atoms with E-state index in [1.807, 2.05) is 0 Å². The highest BCUT2D eigenvalue weighted by Crippen LogP contribution is 2.12. The molecule has 0 aliphatic carbocycles. The molecule has 0 spiro atoms. The predicted molar refractivity (Wildman–Crippen MR) is 53.2 cm³/mol. The molecule has 1 amide bonds. The van der Waals surface area contributed by atoms with Crippen LogP contribution in [-0.4, -0.2) is 16.8 Å². The number of carbonyl (C=O) groups is 1. The third-order valence-electron chi connectivity index (χ3n) is 2.09. The molecular weight excluding hydrogens is 197 g/mol. The highest BCUT2D eigenvalue weighted by Gasteiger charge is 2.21. The molecule has 2 rings (SSSR count). The molecule has 2 N–H and O–H groups in total. The summed E-state index contributed by atoms with van der Waals surface area (Å²) in [6.45, 7) is 0.261. The zero-order valence-corrected chi connectivity index (χ0v) is 7.98. The average Bonchev–Trinajstić information content (AvgIpc) is 2.45. The Bertz CT molecular complexity index is 430. The first-order valence-corrected chi connectivity index (χ1v) is 4.53.